The Morgan fingerprint density at radius 1 is 1.47 bits per heavy atom. The van der Waals surface area contributed by atoms with Gasteiger partial charge in [0.15, 0.2) is 5.82 Å². The average Bonchev–Trinajstić information content (AvgIpc) is 3.02. The van der Waals surface area contributed by atoms with Gasteiger partial charge in [0, 0.05) is 4.90 Å². The van der Waals surface area contributed by atoms with Crippen LogP contribution >= 0.6 is 11.8 Å². The van der Waals surface area contributed by atoms with Gasteiger partial charge < -0.3 is 5.11 Å². The van der Waals surface area contributed by atoms with E-state index in [0.29, 0.717) is 6.54 Å². The highest BCUT2D eigenvalue weighted by Crippen LogP contribution is 2.45. The number of carbonyl (C=O) groups is 1. The second kappa shape index (κ2) is 5.00. The van der Waals surface area contributed by atoms with Gasteiger partial charge in [-0.05, 0) is 28.5 Å². The zero-order chi connectivity index (χ0) is 13.2. The fraction of sp³-hybridized carbons (Fsp3) is 0.333. The molecule has 1 atom stereocenters. The zero-order valence-electron chi connectivity index (χ0n) is 10.1. The molecule has 98 valence electrons. The minimum Gasteiger partial charge on any atom is -0.481 e. The summed E-state index contributed by atoms with van der Waals surface area (Å²) in [5.74, 6) is -0.0914. The van der Waals surface area contributed by atoms with Crippen LogP contribution in [-0.4, -0.2) is 31.3 Å². The van der Waals surface area contributed by atoms with Gasteiger partial charge in [0.1, 0.15) is 0 Å². The van der Waals surface area contributed by atoms with E-state index in [1.54, 1.807) is 16.4 Å². The Morgan fingerprint density at radius 3 is 3.11 bits per heavy atom. The van der Waals surface area contributed by atoms with Gasteiger partial charge in [0.2, 0.25) is 0 Å². The Balaban J connectivity index is 1.78. The van der Waals surface area contributed by atoms with E-state index < -0.39 is 5.97 Å². The molecule has 0 saturated carbocycles. The van der Waals surface area contributed by atoms with Crippen LogP contribution in [0.4, 0.5) is 0 Å². The van der Waals surface area contributed by atoms with Gasteiger partial charge in [-0.1, -0.05) is 18.2 Å². The molecule has 0 fully saturated rings. The number of nitrogens with zero attached hydrogens (tertiary/aromatic N) is 4. The maximum absolute atomic E-state index is 10.6. The molecule has 0 bridgehead atoms. The molecule has 1 aromatic carbocycles. The summed E-state index contributed by atoms with van der Waals surface area (Å²) < 4.78 is 1.59. The molecule has 0 radical (unpaired) electrons. The van der Waals surface area contributed by atoms with E-state index in [0.717, 1.165) is 12.2 Å². The third-order valence-electron chi connectivity index (χ3n) is 3.03. The first kappa shape index (κ1) is 12.2. The number of carboxylic acids is 1. The fourth-order valence-electron chi connectivity index (χ4n) is 2.13. The van der Waals surface area contributed by atoms with E-state index in [9.17, 15) is 4.79 Å². The quantitative estimate of drug-likeness (QED) is 0.912. The molecule has 2 heterocycles. The first-order valence-electron chi connectivity index (χ1n) is 5.96. The molecule has 7 heteroatoms. The highest BCUT2D eigenvalue weighted by Gasteiger charge is 2.27. The summed E-state index contributed by atoms with van der Waals surface area (Å²) in [6.45, 7) is 0.311. The number of hydrogen-bond donors (Lipinski definition) is 1. The standard InChI is InChI=1S/C12H12N4O2S/c17-11(18)5-6-16-12(13-14-15-16)10-7-8-3-1-2-4-9(8)19-10/h1-4,10H,5-7H2,(H,17,18). The van der Waals surface area contributed by atoms with Crippen molar-refractivity contribution in [2.75, 3.05) is 0 Å². The Bertz CT molecular complexity index is 588. The number of tetrazole rings is 1. The third kappa shape index (κ3) is 2.46. The molecular weight excluding hydrogens is 264 g/mol. The first-order valence-corrected chi connectivity index (χ1v) is 6.84. The molecular formula is C12H12N4O2S. The molecule has 0 aliphatic carbocycles. The monoisotopic (exact) mass is 276 g/mol. The van der Waals surface area contributed by atoms with Crippen molar-refractivity contribution in [3.63, 3.8) is 0 Å². The van der Waals surface area contributed by atoms with Crippen molar-refractivity contribution >= 4 is 17.7 Å². The van der Waals surface area contributed by atoms with Crippen LogP contribution in [-0.2, 0) is 17.8 Å². The number of thioether (sulfide) groups is 1. The van der Waals surface area contributed by atoms with Crippen LogP contribution in [0.15, 0.2) is 29.2 Å². The van der Waals surface area contributed by atoms with Crippen LogP contribution in [0.5, 0.6) is 0 Å². The predicted octanol–water partition coefficient (Wildman–Crippen LogP) is 1.54. The summed E-state index contributed by atoms with van der Waals surface area (Å²) in [5.41, 5.74) is 1.30. The second-order valence-electron chi connectivity index (χ2n) is 4.32. The molecule has 0 amide bonds. The van der Waals surface area contributed by atoms with Gasteiger partial charge in [0.25, 0.3) is 0 Å². The molecule has 1 aromatic heterocycles. The highest BCUT2D eigenvalue weighted by molar-refractivity contribution is 7.99. The van der Waals surface area contributed by atoms with Crippen LogP contribution in [0.25, 0.3) is 0 Å². The maximum Gasteiger partial charge on any atom is 0.305 e. The number of aliphatic carboxylic acids is 1. The molecule has 1 unspecified atom stereocenters. The normalized spacial score (nSPS) is 17.4. The van der Waals surface area contributed by atoms with E-state index in [-0.39, 0.29) is 11.7 Å². The lowest BCUT2D eigenvalue weighted by molar-refractivity contribution is -0.137. The van der Waals surface area contributed by atoms with Crippen LogP contribution in [0, 0.1) is 0 Å². The molecule has 1 aliphatic rings. The molecule has 19 heavy (non-hydrogen) atoms. The van der Waals surface area contributed by atoms with Crippen LogP contribution in [0.2, 0.25) is 0 Å². The van der Waals surface area contributed by atoms with E-state index in [1.165, 1.54) is 10.5 Å². The van der Waals surface area contributed by atoms with Crippen LogP contribution in [0.1, 0.15) is 23.1 Å². The Morgan fingerprint density at radius 2 is 2.32 bits per heavy atom. The fourth-order valence-corrected chi connectivity index (χ4v) is 3.43. The maximum atomic E-state index is 10.6. The zero-order valence-corrected chi connectivity index (χ0v) is 10.9. The second-order valence-corrected chi connectivity index (χ2v) is 5.57. The molecule has 0 saturated heterocycles. The topological polar surface area (TPSA) is 80.9 Å². The summed E-state index contributed by atoms with van der Waals surface area (Å²) in [6, 6.07) is 8.23. The average molecular weight is 276 g/mol. The number of aromatic nitrogens is 4. The summed E-state index contributed by atoms with van der Waals surface area (Å²) in [6.07, 6.45) is 0.913. The van der Waals surface area contributed by atoms with E-state index >= 15 is 0 Å². The first-order chi connectivity index (χ1) is 9.24. The summed E-state index contributed by atoms with van der Waals surface area (Å²) in [7, 11) is 0. The van der Waals surface area contributed by atoms with Gasteiger partial charge in [0.05, 0.1) is 18.2 Å². The lowest BCUT2D eigenvalue weighted by atomic mass is 10.1. The molecule has 1 aliphatic heterocycles. The summed E-state index contributed by atoms with van der Waals surface area (Å²) >= 11 is 1.73. The van der Waals surface area contributed by atoms with Crippen molar-refractivity contribution in [1.82, 2.24) is 20.2 Å². The van der Waals surface area contributed by atoms with Crippen molar-refractivity contribution in [3.05, 3.63) is 35.7 Å². The number of benzene rings is 1. The van der Waals surface area contributed by atoms with E-state index in [4.69, 9.17) is 5.11 Å². The van der Waals surface area contributed by atoms with Gasteiger partial charge in [-0.15, -0.1) is 16.9 Å². The predicted molar refractivity (Wildman–Crippen MR) is 68.8 cm³/mol. The number of hydrogen-bond acceptors (Lipinski definition) is 5. The minimum absolute atomic E-state index is 0.0301. The van der Waals surface area contributed by atoms with Crippen molar-refractivity contribution < 1.29 is 9.90 Å². The Labute approximate surface area is 113 Å². The summed E-state index contributed by atoms with van der Waals surface area (Å²) in [4.78, 5) is 11.9. The SMILES string of the molecule is O=C(O)CCn1nnnc1C1Cc2ccccc2S1. The van der Waals surface area contributed by atoms with Crippen LogP contribution in [0.3, 0.4) is 0 Å². The Hall–Kier alpha value is -1.89. The van der Waals surface area contributed by atoms with Gasteiger partial charge in [-0.2, -0.15) is 0 Å². The van der Waals surface area contributed by atoms with E-state index in [2.05, 4.69) is 27.7 Å². The van der Waals surface area contributed by atoms with Crippen molar-refractivity contribution in [2.24, 2.45) is 0 Å². The number of carboxylic acid groups (broad SMARTS) is 1. The van der Waals surface area contributed by atoms with Gasteiger partial charge >= 0.3 is 5.97 Å². The van der Waals surface area contributed by atoms with Crippen molar-refractivity contribution in [2.45, 2.75) is 29.5 Å². The smallest absolute Gasteiger partial charge is 0.305 e. The number of rotatable bonds is 4. The lowest BCUT2D eigenvalue weighted by Crippen LogP contribution is -2.11. The highest BCUT2D eigenvalue weighted by atomic mass is 32.2. The summed E-state index contributed by atoms with van der Waals surface area (Å²) in [5, 5.41) is 20.5. The van der Waals surface area contributed by atoms with E-state index in [1.807, 2.05) is 12.1 Å². The molecule has 1 N–H and O–H groups in total. The molecule has 0 spiro atoms. The van der Waals surface area contributed by atoms with Gasteiger partial charge in [-0.25, -0.2) is 4.68 Å². The lowest BCUT2D eigenvalue weighted by Gasteiger charge is -2.07. The minimum atomic E-state index is -0.844. The largest absolute Gasteiger partial charge is 0.481 e. The van der Waals surface area contributed by atoms with Crippen molar-refractivity contribution in [1.29, 1.82) is 0 Å². The molecule has 2 aromatic rings. The van der Waals surface area contributed by atoms with Gasteiger partial charge in [-0.3, -0.25) is 4.79 Å². The van der Waals surface area contributed by atoms with Crippen molar-refractivity contribution in [3.8, 4) is 0 Å². The Kier molecular flexibility index (Phi) is 3.20. The molecule has 3 rings (SSSR count). The molecule has 6 nitrogen and oxygen atoms in total. The number of fused-ring (bicyclic) bond motifs is 1. The third-order valence-corrected chi connectivity index (χ3v) is 4.35. The number of aryl methyl sites for hydroxylation is 1. The van der Waals surface area contributed by atoms with Crippen LogP contribution < -0.4 is 0 Å².